The van der Waals surface area contributed by atoms with Gasteiger partial charge in [0.25, 0.3) is 0 Å². The van der Waals surface area contributed by atoms with Crippen molar-refractivity contribution in [2.24, 2.45) is 0 Å². The van der Waals surface area contributed by atoms with Crippen LogP contribution in [0, 0.1) is 0 Å². The summed E-state index contributed by atoms with van der Waals surface area (Å²) in [5.74, 6) is 2.68. The fourth-order valence-corrected chi connectivity index (χ4v) is 3.55. The molecule has 1 N–H and O–H groups in total. The summed E-state index contributed by atoms with van der Waals surface area (Å²) in [6.45, 7) is 5.40. The number of hydrogen-bond acceptors (Lipinski definition) is 4. The third kappa shape index (κ3) is 2.45. The van der Waals surface area contributed by atoms with Crippen molar-refractivity contribution in [3.05, 3.63) is 23.3 Å². The summed E-state index contributed by atoms with van der Waals surface area (Å²) < 4.78 is 10.8. The van der Waals surface area contributed by atoms with Crippen LogP contribution >= 0.6 is 11.8 Å². The van der Waals surface area contributed by atoms with Gasteiger partial charge in [-0.15, -0.1) is 0 Å². The third-order valence-corrected chi connectivity index (χ3v) is 4.65. The van der Waals surface area contributed by atoms with Gasteiger partial charge in [-0.2, -0.15) is 11.8 Å². The average molecular weight is 267 g/mol. The molecule has 1 aliphatic heterocycles. The zero-order valence-electron chi connectivity index (χ0n) is 11.4. The minimum Gasteiger partial charge on any atom is -0.493 e. The molecule has 0 amide bonds. The third-order valence-electron chi connectivity index (χ3n) is 3.38. The number of thioether (sulfide) groups is 1. The molecule has 0 bridgehead atoms. The Morgan fingerprint density at radius 2 is 1.94 bits per heavy atom. The van der Waals surface area contributed by atoms with Crippen molar-refractivity contribution in [3.8, 4) is 11.5 Å². The number of ether oxygens (including phenoxy) is 2. The van der Waals surface area contributed by atoms with E-state index in [9.17, 15) is 0 Å². The first-order chi connectivity index (χ1) is 8.71. The van der Waals surface area contributed by atoms with E-state index in [0.29, 0.717) is 11.3 Å². The van der Waals surface area contributed by atoms with Crippen LogP contribution in [0.4, 0.5) is 0 Å². The highest BCUT2D eigenvalue weighted by molar-refractivity contribution is 7.99. The first kappa shape index (κ1) is 13.6. The monoisotopic (exact) mass is 267 g/mol. The molecule has 0 aromatic heterocycles. The summed E-state index contributed by atoms with van der Waals surface area (Å²) in [7, 11) is 3.37. The van der Waals surface area contributed by atoms with E-state index in [0.717, 1.165) is 23.8 Å². The van der Waals surface area contributed by atoms with Crippen molar-refractivity contribution >= 4 is 11.8 Å². The molecule has 0 fully saturated rings. The highest BCUT2D eigenvalue weighted by atomic mass is 32.2. The van der Waals surface area contributed by atoms with Gasteiger partial charge in [0.05, 0.1) is 14.2 Å². The molecular weight excluding hydrogens is 246 g/mol. The number of rotatable bonds is 4. The Labute approximate surface area is 113 Å². The van der Waals surface area contributed by atoms with Gasteiger partial charge in [0.15, 0.2) is 11.5 Å². The summed E-state index contributed by atoms with van der Waals surface area (Å²) in [6.07, 6.45) is 0. The second-order valence-electron chi connectivity index (χ2n) is 4.46. The fourth-order valence-electron chi connectivity index (χ4n) is 2.42. The number of hydrogen-bond donors (Lipinski definition) is 1. The standard InChI is InChI=1S/C14H21NO2S/c1-5-15-14-9(2)18-8-10-6-12(16-3)13(17-4)7-11(10)14/h6-7,9,14-15H,5,8H2,1-4H3. The molecular formula is C14H21NO2S. The van der Waals surface area contributed by atoms with Crippen LogP contribution in [0.25, 0.3) is 0 Å². The summed E-state index contributed by atoms with van der Waals surface area (Å²) in [4.78, 5) is 0. The van der Waals surface area contributed by atoms with Gasteiger partial charge in [0.2, 0.25) is 0 Å². The second-order valence-corrected chi connectivity index (χ2v) is 5.82. The van der Waals surface area contributed by atoms with Crippen LogP contribution in [-0.4, -0.2) is 26.0 Å². The Morgan fingerprint density at radius 1 is 1.28 bits per heavy atom. The number of methoxy groups -OCH3 is 2. The largest absolute Gasteiger partial charge is 0.493 e. The smallest absolute Gasteiger partial charge is 0.161 e. The molecule has 2 atom stereocenters. The van der Waals surface area contributed by atoms with Crippen molar-refractivity contribution in [1.29, 1.82) is 0 Å². The maximum atomic E-state index is 5.40. The molecule has 18 heavy (non-hydrogen) atoms. The maximum Gasteiger partial charge on any atom is 0.161 e. The topological polar surface area (TPSA) is 30.5 Å². The van der Waals surface area contributed by atoms with Gasteiger partial charge < -0.3 is 14.8 Å². The molecule has 4 heteroatoms. The van der Waals surface area contributed by atoms with Crippen LogP contribution in [0.5, 0.6) is 11.5 Å². The highest BCUT2D eigenvalue weighted by Crippen LogP contribution is 2.42. The van der Waals surface area contributed by atoms with Gasteiger partial charge in [-0.1, -0.05) is 13.8 Å². The molecule has 1 aromatic rings. The zero-order valence-corrected chi connectivity index (χ0v) is 12.3. The van der Waals surface area contributed by atoms with Gasteiger partial charge in [-0.3, -0.25) is 0 Å². The molecule has 2 rings (SSSR count). The Hall–Kier alpha value is -0.870. The minimum atomic E-state index is 0.392. The van der Waals surface area contributed by atoms with E-state index < -0.39 is 0 Å². The molecule has 0 radical (unpaired) electrons. The highest BCUT2D eigenvalue weighted by Gasteiger charge is 2.28. The lowest BCUT2D eigenvalue weighted by Gasteiger charge is -2.32. The van der Waals surface area contributed by atoms with Crippen molar-refractivity contribution < 1.29 is 9.47 Å². The van der Waals surface area contributed by atoms with Crippen molar-refractivity contribution in [2.75, 3.05) is 20.8 Å². The first-order valence-corrected chi connectivity index (χ1v) is 7.35. The van der Waals surface area contributed by atoms with E-state index in [1.54, 1.807) is 14.2 Å². The van der Waals surface area contributed by atoms with Crippen LogP contribution in [0.15, 0.2) is 12.1 Å². The van der Waals surface area contributed by atoms with Crippen LogP contribution in [0.2, 0.25) is 0 Å². The molecule has 3 nitrogen and oxygen atoms in total. The lowest BCUT2D eigenvalue weighted by molar-refractivity contribution is 0.353. The molecule has 1 aliphatic rings. The van der Waals surface area contributed by atoms with Gasteiger partial charge >= 0.3 is 0 Å². The fraction of sp³-hybridized carbons (Fsp3) is 0.571. The predicted molar refractivity (Wildman–Crippen MR) is 76.7 cm³/mol. The average Bonchev–Trinajstić information content (AvgIpc) is 2.40. The summed E-state index contributed by atoms with van der Waals surface area (Å²) in [6, 6.07) is 4.62. The van der Waals surface area contributed by atoms with E-state index in [1.807, 2.05) is 11.8 Å². The molecule has 2 unspecified atom stereocenters. The van der Waals surface area contributed by atoms with E-state index in [4.69, 9.17) is 9.47 Å². The molecule has 1 aromatic carbocycles. The molecule has 0 saturated heterocycles. The normalized spacial score (nSPS) is 22.4. The second kappa shape index (κ2) is 5.85. The summed E-state index contributed by atoms with van der Waals surface area (Å²) >= 11 is 1.98. The number of nitrogens with one attached hydrogen (secondary N) is 1. The minimum absolute atomic E-state index is 0.392. The van der Waals surface area contributed by atoms with E-state index >= 15 is 0 Å². The first-order valence-electron chi connectivity index (χ1n) is 6.31. The maximum absolute atomic E-state index is 5.40. The van der Waals surface area contributed by atoms with Gasteiger partial charge in [-0.05, 0) is 29.8 Å². The van der Waals surface area contributed by atoms with Crippen LogP contribution in [0.3, 0.4) is 0 Å². The number of fused-ring (bicyclic) bond motifs is 1. The molecule has 100 valence electrons. The Kier molecular flexibility index (Phi) is 4.40. The molecule has 0 aliphatic carbocycles. The Balaban J connectivity index is 2.44. The lowest BCUT2D eigenvalue weighted by Crippen LogP contribution is -2.31. The SMILES string of the molecule is CCNC1c2cc(OC)c(OC)cc2CSC1C. The van der Waals surface area contributed by atoms with Crippen LogP contribution < -0.4 is 14.8 Å². The molecule has 0 saturated carbocycles. The Bertz CT molecular complexity index is 423. The van der Waals surface area contributed by atoms with Crippen molar-refractivity contribution in [2.45, 2.75) is 30.9 Å². The van der Waals surface area contributed by atoms with Crippen LogP contribution in [-0.2, 0) is 5.75 Å². The number of benzene rings is 1. The quantitative estimate of drug-likeness (QED) is 0.908. The lowest BCUT2D eigenvalue weighted by atomic mass is 9.97. The summed E-state index contributed by atoms with van der Waals surface area (Å²) in [5, 5.41) is 4.14. The van der Waals surface area contributed by atoms with E-state index in [2.05, 4.69) is 31.3 Å². The van der Waals surface area contributed by atoms with E-state index in [1.165, 1.54) is 11.1 Å². The molecule has 0 spiro atoms. The Morgan fingerprint density at radius 3 is 2.56 bits per heavy atom. The van der Waals surface area contributed by atoms with Crippen LogP contribution in [0.1, 0.15) is 31.0 Å². The zero-order chi connectivity index (χ0) is 13.1. The van der Waals surface area contributed by atoms with Crippen molar-refractivity contribution in [1.82, 2.24) is 5.32 Å². The predicted octanol–water partition coefficient (Wildman–Crippen LogP) is 2.99. The summed E-state index contributed by atoms with van der Waals surface area (Å²) in [5.41, 5.74) is 2.70. The van der Waals surface area contributed by atoms with Crippen molar-refractivity contribution in [3.63, 3.8) is 0 Å². The van der Waals surface area contributed by atoms with Gasteiger partial charge in [0, 0.05) is 17.0 Å². The van der Waals surface area contributed by atoms with Gasteiger partial charge in [-0.25, -0.2) is 0 Å². The van der Waals surface area contributed by atoms with E-state index in [-0.39, 0.29) is 0 Å². The molecule has 1 heterocycles. The van der Waals surface area contributed by atoms with Gasteiger partial charge in [0.1, 0.15) is 0 Å².